The van der Waals surface area contributed by atoms with Gasteiger partial charge in [-0.25, -0.2) is 0 Å². The second kappa shape index (κ2) is 6.12. The fraction of sp³-hybridized carbons (Fsp3) is 0.750. The number of carbonyl (C=O) groups is 2. The Morgan fingerprint density at radius 2 is 1.82 bits per heavy atom. The minimum atomic E-state index is -0.516. The van der Waals surface area contributed by atoms with Gasteiger partial charge in [-0.1, -0.05) is 37.1 Å². The van der Waals surface area contributed by atoms with Crippen LogP contribution in [-0.2, 0) is 19.1 Å². The Balaban J connectivity index is 1.44. The number of hydrogen-bond acceptors (Lipinski definition) is 4. The van der Waals surface area contributed by atoms with Crippen LogP contribution in [0.15, 0.2) is 23.3 Å². The van der Waals surface area contributed by atoms with Crippen LogP contribution in [0.4, 0.5) is 0 Å². The van der Waals surface area contributed by atoms with Crippen molar-refractivity contribution in [3.8, 4) is 0 Å². The zero-order chi connectivity index (χ0) is 19.7. The number of ketones is 2. The van der Waals surface area contributed by atoms with Crippen LogP contribution in [-0.4, -0.2) is 30.6 Å². The van der Waals surface area contributed by atoms with E-state index >= 15 is 0 Å². The van der Waals surface area contributed by atoms with Crippen molar-refractivity contribution in [1.82, 2.24) is 0 Å². The maximum Gasteiger partial charge on any atom is 0.204 e. The van der Waals surface area contributed by atoms with Gasteiger partial charge in [0.25, 0.3) is 0 Å². The molecule has 152 valence electrons. The lowest BCUT2D eigenvalue weighted by Crippen LogP contribution is -2.49. The Labute approximate surface area is 167 Å². The zero-order valence-electron chi connectivity index (χ0n) is 17.4. The molecule has 4 aliphatic carbocycles. The molecule has 4 nitrogen and oxygen atoms in total. The van der Waals surface area contributed by atoms with E-state index in [0.717, 1.165) is 44.9 Å². The molecule has 0 N–H and O–H groups in total. The minimum absolute atomic E-state index is 0.108. The summed E-state index contributed by atoms with van der Waals surface area (Å²) in [4.78, 5) is 24.8. The highest BCUT2D eigenvalue weighted by Crippen LogP contribution is 2.66. The average Bonchev–Trinajstić information content (AvgIpc) is 3.23. The minimum Gasteiger partial charge on any atom is -0.347 e. The van der Waals surface area contributed by atoms with Crippen molar-refractivity contribution < 1.29 is 19.1 Å². The van der Waals surface area contributed by atoms with E-state index in [1.807, 2.05) is 0 Å². The van der Waals surface area contributed by atoms with Crippen LogP contribution >= 0.6 is 0 Å². The summed E-state index contributed by atoms with van der Waals surface area (Å²) in [7, 11) is 0. The largest absolute Gasteiger partial charge is 0.347 e. The Morgan fingerprint density at radius 1 is 1.07 bits per heavy atom. The zero-order valence-corrected chi connectivity index (χ0v) is 17.4. The first-order valence-electron chi connectivity index (χ1n) is 11.0. The van der Waals surface area contributed by atoms with Crippen molar-refractivity contribution in [3.63, 3.8) is 0 Å². The lowest BCUT2D eigenvalue weighted by molar-refractivity contribution is -0.171. The lowest BCUT2D eigenvalue weighted by Gasteiger charge is -2.52. The van der Waals surface area contributed by atoms with Crippen molar-refractivity contribution in [1.29, 1.82) is 0 Å². The summed E-state index contributed by atoms with van der Waals surface area (Å²) in [6, 6.07) is 0. The molecule has 1 spiro atoms. The number of Topliss-reactive ketones (excluding diaryl/α,β-unsaturated/α-hetero) is 2. The Hall–Kier alpha value is -1.26. The molecular formula is C24H32O4. The fourth-order valence-electron chi connectivity index (χ4n) is 7.34. The van der Waals surface area contributed by atoms with Crippen LogP contribution < -0.4 is 0 Å². The van der Waals surface area contributed by atoms with Gasteiger partial charge in [0, 0.05) is 31.1 Å². The first-order valence-corrected chi connectivity index (χ1v) is 11.0. The van der Waals surface area contributed by atoms with E-state index in [1.165, 1.54) is 12.5 Å². The molecule has 1 saturated heterocycles. The van der Waals surface area contributed by atoms with E-state index in [2.05, 4.69) is 26.0 Å². The third-order valence-electron chi connectivity index (χ3n) is 9.12. The predicted octanol–water partition coefficient (Wildman–Crippen LogP) is 4.39. The van der Waals surface area contributed by atoms with Gasteiger partial charge in [0.15, 0.2) is 11.6 Å². The quantitative estimate of drug-likeness (QED) is 0.523. The van der Waals surface area contributed by atoms with E-state index in [4.69, 9.17) is 9.47 Å². The molecule has 0 aromatic heterocycles. The molecule has 1 aliphatic heterocycles. The number of carbonyl (C=O) groups excluding carboxylic acids is 2. The molecule has 0 bridgehead atoms. The van der Waals surface area contributed by atoms with Gasteiger partial charge in [-0.15, -0.1) is 0 Å². The van der Waals surface area contributed by atoms with E-state index in [9.17, 15) is 9.59 Å². The second-order valence-electron chi connectivity index (χ2n) is 10.2. The number of ether oxygens (including phenoxy) is 2. The van der Waals surface area contributed by atoms with Crippen LogP contribution in [0, 0.1) is 28.6 Å². The summed E-state index contributed by atoms with van der Waals surface area (Å²) in [6.07, 6.45) is 11.7. The molecule has 0 aromatic carbocycles. The van der Waals surface area contributed by atoms with Gasteiger partial charge in [-0.3, -0.25) is 9.59 Å². The Bertz CT molecular complexity index is 786. The highest BCUT2D eigenvalue weighted by atomic mass is 16.7. The summed E-state index contributed by atoms with van der Waals surface area (Å²) in [6.45, 7) is 7.20. The highest BCUT2D eigenvalue weighted by Gasteiger charge is 2.62. The highest BCUT2D eigenvalue weighted by molar-refractivity contribution is 6.38. The molecule has 5 atom stereocenters. The van der Waals surface area contributed by atoms with E-state index in [0.29, 0.717) is 31.0 Å². The maximum atomic E-state index is 12.8. The molecule has 5 aliphatic rings. The average molecular weight is 385 g/mol. The van der Waals surface area contributed by atoms with Crippen LogP contribution in [0.3, 0.4) is 0 Å². The fourth-order valence-corrected chi connectivity index (χ4v) is 7.34. The molecule has 4 heteroatoms. The molecule has 3 fully saturated rings. The first kappa shape index (κ1) is 18.7. The van der Waals surface area contributed by atoms with Gasteiger partial charge in [0.1, 0.15) is 0 Å². The number of allylic oxidation sites excluding steroid dienone is 3. The van der Waals surface area contributed by atoms with Gasteiger partial charge in [0.2, 0.25) is 5.78 Å². The van der Waals surface area contributed by atoms with Crippen molar-refractivity contribution in [2.24, 2.45) is 28.6 Å². The van der Waals surface area contributed by atoms with Crippen molar-refractivity contribution in [2.75, 3.05) is 13.2 Å². The van der Waals surface area contributed by atoms with Gasteiger partial charge in [-0.2, -0.15) is 0 Å². The molecule has 28 heavy (non-hydrogen) atoms. The summed E-state index contributed by atoms with van der Waals surface area (Å²) in [5.41, 5.74) is 2.48. The molecular weight excluding hydrogens is 352 g/mol. The number of fused-ring (bicyclic) bond motifs is 5. The summed E-state index contributed by atoms with van der Waals surface area (Å²) in [5, 5.41) is 0. The molecule has 2 saturated carbocycles. The lowest BCUT2D eigenvalue weighted by atomic mass is 9.52. The Morgan fingerprint density at radius 3 is 2.54 bits per heavy atom. The third-order valence-corrected chi connectivity index (χ3v) is 9.12. The van der Waals surface area contributed by atoms with Gasteiger partial charge in [-0.05, 0) is 49.4 Å². The van der Waals surface area contributed by atoms with E-state index < -0.39 is 5.41 Å². The third kappa shape index (κ3) is 2.37. The number of rotatable bonds is 2. The molecule has 0 radical (unpaired) electrons. The SMILES string of the molecule is CC(=O)C(=O)[C@@]1(C)CC[C@H]2[C@@H]3CC=C4CC5(CC[C@@H]4C3=CC[C@@]21C)OCCO5. The van der Waals surface area contributed by atoms with Crippen LogP contribution in [0.5, 0.6) is 0 Å². The van der Waals surface area contributed by atoms with Gasteiger partial charge >= 0.3 is 0 Å². The molecule has 0 amide bonds. The van der Waals surface area contributed by atoms with E-state index in [-0.39, 0.29) is 22.8 Å². The standard InChI is InChI=1S/C24H32O4/c1-15(25)21(26)23(3)10-8-20-19-5-4-16-14-24(27-12-13-28-24)11-7-17(16)18(19)6-9-22(20,23)2/h4,6,17,19-20H,5,7-14H2,1-3H3/t17-,19+,20-,22-,23+/m0/s1. The second-order valence-corrected chi connectivity index (χ2v) is 10.2. The van der Waals surface area contributed by atoms with Crippen LogP contribution in [0.25, 0.3) is 0 Å². The van der Waals surface area contributed by atoms with Crippen molar-refractivity contribution >= 4 is 11.6 Å². The van der Waals surface area contributed by atoms with Crippen molar-refractivity contribution in [2.45, 2.75) is 71.5 Å². The van der Waals surface area contributed by atoms with Crippen LogP contribution in [0.1, 0.15) is 65.7 Å². The first-order chi connectivity index (χ1) is 13.3. The van der Waals surface area contributed by atoms with Crippen LogP contribution in [0.2, 0.25) is 0 Å². The topological polar surface area (TPSA) is 52.6 Å². The summed E-state index contributed by atoms with van der Waals surface area (Å²) < 4.78 is 12.0. The van der Waals surface area contributed by atoms with Crippen molar-refractivity contribution in [3.05, 3.63) is 23.3 Å². The van der Waals surface area contributed by atoms with E-state index in [1.54, 1.807) is 5.57 Å². The summed E-state index contributed by atoms with van der Waals surface area (Å²) >= 11 is 0. The van der Waals surface area contributed by atoms with Gasteiger partial charge in [0.05, 0.1) is 13.2 Å². The maximum absolute atomic E-state index is 12.8. The normalized spacial score (nSPS) is 43.6. The molecule has 0 aromatic rings. The predicted molar refractivity (Wildman–Crippen MR) is 105 cm³/mol. The molecule has 0 unspecified atom stereocenters. The molecule has 1 heterocycles. The molecule has 5 rings (SSSR count). The Kier molecular flexibility index (Phi) is 4.10. The summed E-state index contributed by atoms with van der Waals surface area (Å²) in [5.74, 6) is 0.744. The monoisotopic (exact) mass is 384 g/mol. The van der Waals surface area contributed by atoms with Gasteiger partial charge < -0.3 is 9.47 Å². The smallest absolute Gasteiger partial charge is 0.204 e. The number of hydrogen-bond donors (Lipinski definition) is 0.